The molecule has 0 amide bonds. The summed E-state index contributed by atoms with van der Waals surface area (Å²) in [4.78, 5) is 0. The van der Waals surface area contributed by atoms with Gasteiger partial charge in [-0.3, -0.25) is 0 Å². The molecular formula is C39H74O2SSn. The summed E-state index contributed by atoms with van der Waals surface area (Å²) in [6.45, 7) is 13.5. The number of rotatable bonds is 28. The van der Waals surface area contributed by atoms with Crippen LogP contribution < -0.4 is 12.4 Å². The van der Waals surface area contributed by atoms with Crippen LogP contribution in [0.4, 0.5) is 0 Å². The van der Waals surface area contributed by atoms with E-state index in [-0.39, 0.29) is 5.41 Å². The SMILES string of the molecule is CCCCCCCCCCC1(CCCCCCCCCC)COc2cs[c]([Sn]([CH2]CCC)([CH2]CCC)[CH2]CCC)c2OC1. The maximum atomic E-state index is 7.06. The number of fused-ring (bicyclic) bond motifs is 1. The molecule has 1 aromatic heterocycles. The molecular weight excluding hydrogens is 651 g/mol. The summed E-state index contributed by atoms with van der Waals surface area (Å²) in [5.41, 5.74) is 0.187. The van der Waals surface area contributed by atoms with Gasteiger partial charge >= 0.3 is 240 Å². The Morgan fingerprint density at radius 2 is 0.930 bits per heavy atom. The quantitative estimate of drug-likeness (QED) is 0.0633. The van der Waals surface area contributed by atoms with Gasteiger partial charge in [0.1, 0.15) is 0 Å². The van der Waals surface area contributed by atoms with Crippen molar-refractivity contribution >= 4 is 32.6 Å². The van der Waals surface area contributed by atoms with Gasteiger partial charge in [0.05, 0.1) is 0 Å². The molecule has 1 aliphatic heterocycles. The van der Waals surface area contributed by atoms with E-state index in [9.17, 15) is 0 Å². The van der Waals surface area contributed by atoms with Gasteiger partial charge < -0.3 is 0 Å². The van der Waals surface area contributed by atoms with Gasteiger partial charge in [0.2, 0.25) is 0 Å². The molecule has 43 heavy (non-hydrogen) atoms. The summed E-state index contributed by atoms with van der Waals surface area (Å²) in [6.07, 6.45) is 33.0. The van der Waals surface area contributed by atoms with Crippen LogP contribution in [0.3, 0.4) is 0 Å². The van der Waals surface area contributed by atoms with Crippen molar-refractivity contribution in [3.63, 3.8) is 0 Å². The van der Waals surface area contributed by atoms with Crippen LogP contribution in [0.1, 0.15) is 189 Å². The van der Waals surface area contributed by atoms with Gasteiger partial charge in [-0.15, -0.1) is 0 Å². The van der Waals surface area contributed by atoms with Crippen LogP contribution in [0.2, 0.25) is 13.3 Å². The Hall–Kier alpha value is 0.0987. The van der Waals surface area contributed by atoms with E-state index in [4.69, 9.17) is 9.47 Å². The summed E-state index contributed by atoms with van der Waals surface area (Å²) in [5.74, 6) is 2.34. The monoisotopic (exact) mass is 726 g/mol. The summed E-state index contributed by atoms with van der Waals surface area (Å²) < 4.78 is 20.1. The van der Waals surface area contributed by atoms with Gasteiger partial charge in [-0.25, -0.2) is 0 Å². The fourth-order valence-corrected chi connectivity index (χ4v) is 27.8. The summed E-state index contributed by atoms with van der Waals surface area (Å²) in [5, 5.41) is 2.36. The Labute approximate surface area is 278 Å². The molecule has 4 heteroatoms. The van der Waals surface area contributed by atoms with Crippen molar-refractivity contribution in [3.8, 4) is 11.5 Å². The zero-order chi connectivity index (χ0) is 31.1. The standard InChI is InChI=1S/C27H47O2S.3C4H9.Sn/c1-3-5-7-9-11-13-15-17-19-27(20-18-16-14-12-10-8-6-4-2)23-28-25-21-30-22-26(25)29-24-27;3*1-3-4-2;/h21H,3-20,23-24H2,1-2H3;3*1,3-4H2,2H3;. The number of hydrogen-bond donors (Lipinski definition) is 0. The molecule has 0 radical (unpaired) electrons. The second kappa shape index (κ2) is 24.3. The second-order valence-electron chi connectivity index (χ2n) is 14.4. The predicted octanol–water partition coefficient (Wildman–Crippen LogP) is 13.6. The summed E-state index contributed by atoms with van der Waals surface area (Å²) >= 11 is -0.535. The van der Waals surface area contributed by atoms with Gasteiger partial charge in [-0.1, -0.05) is 39.5 Å². The molecule has 1 aliphatic rings. The van der Waals surface area contributed by atoms with Crippen molar-refractivity contribution in [2.45, 2.75) is 202 Å². The van der Waals surface area contributed by atoms with Crippen LogP contribution in [0.25, 0.3) is 0 Å². The van der Waals surface area contributed by atoms with E-state index in [0.29, 0.717) is 0 Å². The Morgan fingerprint density at radius 1 is 0.535 bits per heavy atom. The van der Waals surface area contributed by atoms with Gasteiger partial charge in [-0.2, -0.15) is 0 Å². The Morgan fingerprint density at radius 3 is 1.37 bits per heavy atom. The van der Waals surface area contributed by atoms with Crippen molar-refractivity contribution in [3.05, 3.63) is 5.38 Å². The van der Waals surface area contributed by atoms with Crippen LogP contribution in [-0.4, -0.2) is 31.6 Å². The van der Waals surface area contributed by atoms with Crippen molar-refractivity contribution in [1.82, 2.24) is 0 Å². The average molecular weight is 726 g/mol. The van der Waals surface area contributed by atoms with E-state index in [0.717, 1.165) is 19.0 Å². The summed E-state index contributed by atoms with van der Waals surface area (Å²) in [6, 6.07) is 0. The molecule has 0 saturated carbocycles. The molecule has 0 atom stereocenters. The molecule has 2 nitrogen and oxygen atoms in total. The average Bonchev–Trinajstić information content (AvgIpc) is 3.36. The third kappa shape index (κ3) is 14.6. The van der Waals surface area contributed by atoms with E-state index < -0.39 is 18.4 Å². The molecule has 0 saturated heterocycles. The molecule has 0 spiro atoms. The van der Waals surface area contributed by atoms with E-state index in [1.165, 1.54) is 173 Å². The Bertz CT molecular complexity index is 748. The van der Waals surface area contributed by atoms with E-state index >= 15 is 0 Å². The maximum absolute atomic E-state index is 7.06. The number of hydrogen-bond acceptors (Lipinski definition) is 3. The molecule has 0 aliphatic carbocycles. The second-order valence-corrected chi connectivity index (χ2v) is 29.3. The topological polar surface area (TPSA) is 18.5 Å². The van der Waals surface area contributed by atoms with Gasteiger partial charge in [0, 0.05) is 0 Å². The zero-order valence-corrected chi connectivity index (χ0v) is 33.5. The molecule has 2 heterocycles. The van der Waals surface area contributed by atoms with Crippen molar-refractivity contribution in [2.75, 3.05) is 13.2 Å². The molecule has 1 aromatic rings. The minimum absolute atomic E-state index is 0.187. The molecule has 0 N–H and O–H groups in total. The fourth-order valence-electron chi connectivity index (χ4n) is 7.37. The van der Waals surface area contributed by atoms with Crippen LogP contribution in [-0.2, 0) is 0 Å². The van der Waals surface area contributed by atoms with E-state index in [2.05, 4.69) is 40.0 Å². The predicted molar refractivity (Wildman–Crippen MR) is 197 cm³/mol. The van der Waals surface area contributed by atoms with Crippen LogP contribution in [0.15, 0.2) is 5.38 Å². The first-order valence-corrected chi connectivity index (χ1v) is 27.8. The van der Waals surface area contributed by atoms with E-state index in [1.807, 2.05) is 11.3 Å². The molecule has 0 bridgehead atoms. The fraction of sp³-hybridized carbons (Fsp3) is 0.897. The normalized spacial score (nSPS) is 14.7. The Balaban J connectivity index is 2.11. The Kier molecular flexibility index (Phi) is 22.2. The first-order valence-electron chi connectivity index (χ1n) is 19.5. The molecule has 0 aromatic carbocycles. The van der Waals surface area contributed by atoms with Crippen molar-refractivity contribution < 1.29 is 9.47 Å². The van der Waals surface area contributed by atoms with Crippen molar-refractivity contribution in [2.24, 2.45) is 5.41 Å². The first-order chi connectivity index (χ1) is 21.1. The van der Waals surface area contributed by atoms with Gasteiger partial charge in [0.25, 0.3) is 0 Å². The van der Waals surface area contributed by atoms with Gasteiger partial charge in [0.15, 0.2) is 0 Å². The molecule has 0 unspecified atom stereocenters. The third-order valence-corrected chi connectivity index (χ3v) is 29.7. The first kappa shape index (κ1) is 39.3. The summed E-state index contributed by atoms with van der Waals surface area (Å²) in [7, 11) is 0. The van der Waals surface area contributed by atoms with E-state index in [1.54, 1.807) is 2.89 Å². The molecule has 0 fully saturated rings. The number of thiophene rings is 1. The van der Waals surface area contributed by atoms with Gasteiger partial charge in [-0.05, 0) is 0 Å². The zero-order valence-electron chi connectivity index (χ0n) is 29.8. The number of ether oxygens (including phenoxy) is 2. The third-order valence-electron chi connectivity index (χ3n) is 10.4. The molecule has 2 rings (SSSR count). The van der Waals surface area contributed by atoms with Crippen LogP contribution >= 0.6 is 11.3 Å². The van der Waals surface area contributed by atoms with Crippen LogP contribution in [0, 0.1) is 5.41 Å². The number of unbranched alkanes of at least 4 members (excludes halogenated alkanes) is 17. The van der Waals surface area contributed by atoms with Crippen molar-refractivity contribution in [1.29, 1.82) is 0 Å². The minimum atomic E-state index is -2.58. The van der Waals surface area contributed by atoms with Crippen LogP contribution in [0.5, 0.6) is 11.5 Å². The molecule has 252 valence electrons.